The van der Waals surface area contributed by atoms with Crippen LogP contribution in [0.5, 0.6) is 11.5 Å². The number of fused-ring (bicyclic) bond motifs is 3. The number of hydrogen-bond donors (Lipinski definition) is 0. The van der Waals surface area contributed by atoms with Crippen LogP contribution in [0.15, 0.2) is 71.1 Å². The Morgan fingerprint density at radius 1 is 1.08 bits per heavy atom. The molecule has 2 atom stereocenters. The first-order valence-electron chi connectivity index (χ1n) is 8.63. The highest BCUT2D eigenvalue weighted by molar-refractivity contribution is 7.10. The van der Waals surface area contributed by atoms with Crippen LogP contribution in [0.3, 0.4) is 0 Å². The second-order valence-electron chi connectivity index (χ2n) is 6.38. The van der Waals surface area contributed by atoms with Gasteiger partial charge in [0.05, 0.1) is 23.7 Å². The molecule has 5 rings (SSSR count). The summed E-state index contributed by atoms with van der Waals surface area (Å²) in [6.07, 6.45) is 0.625. The predicted molar refractivity (Wildman–Crippen MR) is 103 cm³/mol. The summed E-state index contributed by atoms with van der Waals surface area (Å²) >= 11 is 1.69. The summed E-state index contributed by atoms with van der Waals surface area (Å²) in [6, 6.07) is 20.8. The van der Waals surface area contributed by atoms with E-state index in [1.165, 1.54) is 0 Å². The summed E-state index contributed by atoms with van der Waals surface area (Å²) in [6.45, 7) is 0. The van der Waals surface area contributed by atoms with E-state index in [0.717, 1.165) is 39.6 Å². The highest BCUT2D eigenvalue weighted by Gasteiger charge is 2.42. The third-order valence-corrected chi connectivity index (χ3v) is 5.80. The van der Waals surface area contributed by atoms with Gasteiger partial charge >= 0.3 is 0 Å². The molecule has 5 heteroatoms. The van der Waals surface area contributed by atoms with Gasteiger partial charge in [-0.3, -0.25) is 0 Å². The lowest BCUT2D eigenvalue weighted by Crippen LogP contribution is -2.33. The highest BCUT2D eigenvalue weighted by Crippen LogP contribution is 2.51. The number of hydrogen-bond acceptors (Lipinski definition) is 5. The summed E-state index contributed by atoms with van der Waals surface area (Å²) < 4.78 is 12.0. The van der Waals surface area contributed by atoms with Crippen LogP contribution in [0.4, 0.5) is 0 Å². The molecule has 130 valence electrons. The number of para-hydroxylation sites is 1. The van der Waals surface area contributed by atoms with Crippen LogP contribution in [0.1, 0.15) is 34.7 Å². The maximum Gasteiger partial charge on any atom is 0.223 e. The lowest BCUT2D eigenvalue weighted by molar-refractivity contribution is -0.0184. The van der Waals surface area contributed by atoms with Gasteiger partial charge in [-0.1, -0.05) is 48.5 Å². The number of methoxy groups -OCH3 is 1. The molecule has 3 heterocycles. The quantitative estimate of drug-likeness (QED) is 0.658. The van der Waals surface area contributed by atoms with Gasteiger partial charge in [0.1, 0.15) is 0 Å². The Morgan fingerprint density at radius 2 is 1.96 bits per heavy atom. The largest absolute Gasteiger partial charge is 0.493 e. The minimum Gasteiger partial charge on any atom is -0.493 e. The van der Waals surface area contributed by atoms with E-state index in [2.05, 4.69) is 46.8 Å². The van der Waals surface area contributed by atoms with E-state index >= 15 is 0 Å². The smallest absolute Gasteiger partial charge is 0.223 e. The van der Waals surface area contributed by atoms with Crippen LogP contribution in [0.2, 0.25) is 0 Å². The second kappa shape index (κ2) is 6.18. The van der Waals surface area contributed by atoms with Gasteiger partial charge in [-0.25, -0.2) is 5.01 Å². The Labute approximate surface area is 156 Å². The Bertz CT molecular complexity index is 953. The van der Waals surface area contributed by atoms with Crippen LogP contribution >= 0.6 is 11.3 Å². The lowest BCUT2D eigenvalue weighted by Gasteiger charge is -2.38. The summed E-state index contributed by atoms with van der Waals surface area (Å²) in [7, 11) is 1.69. The first-order chi connectivity index (χ1) is 12.8. The normalized spacial score (nSPS) is 20.8. The minimum absolute atomic E-state index is 0.149. The summed E-state index contributed by atoms with van der Waals surface area (Å²) in [5.74, 6) is 1.61. The van der Waals surface area contributed by atoms with Crippen molar-refractivity contribution >= 4 is 17.0 Å². The zero-order valence-corrected chi connectivity index (χ0v) is 15.1. The fourth-order valence-corrected chi connectivity index (χ4v) is 4.41. The number of benzene rings is 2. The average molecular weight is 362 g/mol. The molecule has 2 aliphatic heterocycles. The third kappa shape index (κ3) is 2.39. The second-order valence-corrected chi connectivity index (χ2v) is 7.36. The van der Waals surface area contributed by atoms with E-state index in [1.54, 1.807) is 18.4 Å². The summed E-state index contributed by atoms with van der Waals surface area (Å²) in [5.41, 5.74) is 3.39. The first kappa shape index (κ1) is 15.5. The number of rotatable bonds is 3. The van der Waals surface area contributed by atoms with Crippen molar-refractivity contribution < 1.29 is 9.47 Å². The van der Waals surface area contributed by atoms with Crippen molar-refractivity contribution in [1.82, 2.24) is 5.01 Å². The molecule has 0 N–H and O–H groups in total. The van der Waals surface area contributed by atoms with Crippen molar-refractivity contribution in [2.75, 3.05) is 7.11 Å². The summed E-state index contributed by atoms with van der Waals surface area (Å²) in [4.78, 5) is 1.14. The van der Waals surface area contributed by atoms with Crippen molar-refractivity contribution in [3.05, 3.63) is 82.0 Å². The van der Waals surface area contributed by atoms with Crippen molar-refractivity contribution in [2.24, 2.45) is 5.10 Å². The van der Waals surface area contributed by atoms with Crippen molar-refractivity contribution in [2.45, 2.75) is 18.7 Å². The van der Waals surface area contributed by atoms with Gasteiger partial charge in [0.15, 0.2) is 11.5 Å². The Kier molecular flexibility index (Phi) is 3.68. The molecule has 2 aromatic carbocycles. The van der Waals surface area contributed by atoms with Crippen LogP contribution < -0.4 is 9.47 Å². The van der Waals surface area contributed by atoms with Gasteiger partial charge in [-0.05, 0) is 23.1 Å². The van der Waals surface area contributed by atoms with Crippen LogP contribution in [-0.4, -0.2) is 17.8 Å². The van der Waals surface area contributed by atoms with E-state index in [-0.39, 0.29) is 12.3 Å². The fraction of sp³-hybridized carbons (Fsp3) is 0.190. The molecule has 3 aromatic rings. The number of ether oxygens (including phenoxy) is 2. The molecule has 0 saturated heterocycles. The molecule has 0 radical (unpaired) electrons. The van der Waals surface area contributed by atoms with Gasteiger partial charge < -0.3 is 9.47 Å². The van der Waals surface area contributed by atoms with E-state index in [1.807, 2.05) is 24.3 Å². The van der Waals surface area contributed by atoms with Gasteiger partial charge in [0.25, 0.3) is 0 Å². The molecule has 0 bridgehead atoms. The standard InChI is InChI=1S/C21H18N2O2S/c1-24-18-10-5-9-15-17-13-16(14-7-3-2-4-8-14)22-23(17)21(25-20(15)18)19-11-6-12-26-19/h2-12,17,21H,13H2,1H3/t17-,21-/m0/s1. The molecule has 0 fully saturated rings. The third-order valence-electron chi connectivity index (χ3n) is 4.89. The highest BCUT2D eigenvalue weighted by atomic mass is 32.1. The van der Waals surface area contributed by atoms with Crippen LogP contribution in [-0.2, 0) is 0 Å². The average Bonchev–Trinajstić information content (AvgIpc) is 3.37. The molecule has 0 unspecified atom stereocenters. The molecule has 2 aliphatic rings. The van der Waals surface area contributed by atoms with Gasteiger partial charge in [-0.2, -0.15) is 5.10 Å². The van der Waals surface area contributed by atoms with E-state index < -0.39 is 0 Å². The first-order valence-corrected chi connectivity index (χ1v) is 9.51. The van der Waals surface area contributed by atoms with Crippen LogP contribution in [0, 0.1) is 0 Å². The van der Waals surface area contributed by atoms with Crippen molar-refractivity contribution in [3.63, 3.8) is 0 Å². The van der Waals surface area contributed by atoms with Crippen LogP contribution in [0.25, 0.3) is 0 Å². The Balaban J connectivity index is 1.62. The van der Waals surface area contributed by atoms with Gasteiger partial charge in [0, 0.05) is 12.0 Å². The van der Waals surface area contributed by atoms with E-state index in [0.29, 0.717) is 0 Å². The van der Waals surface area contributed by atoms with Crippen molar-refractivity contribution in [1.29, 1.82) is 0 Å². The van der Waals surface area contributed by atoms with Crippen molar-refractivity contribution in [3.8, 4) is 11.5 Å². The molecule has 0 amide bonds. The number of nitrogens with zero attached hydrogens (tertiary/aromatic N) is 2. The number of hydrazone groups is 1. The van der Waals surface area contributed by atoms with Gasteiger partial charge in [0.2, 0.25) is 6.23 Å². The SMILES string of the molecule is COc1cccc2c1O[C@@H](c1cccs1)N1N=C(c3ccccc3)C[C@@H]21. The van der Waals surface area contributed by atoms with E-state index in [9.17, 15) is 0 Å². The fourth-order valence-electron chi connectivity index (χ4n) is 3.67. The lowest BCUT2D eigenvalue weighted by atomic mass is 9.96. The predicted octanol–water partition coefficient (Wildman–Crippen LogP) is 5.00. The molecular formula is C21H18N2O2S. The van der Waals surface area contributed by atoms with Gasteiger partial charge in [-0.15, -0.1) is 11.3 Å². The minimum atomic E-state index is -0.231. The maximum absolute atomic E-state index is 6.40. The molecule has 0 saturated carbocycles. The van der Waals surface area contributed by atoms with E-state index in [4.69, 9.17) is 14.6 Å². The molecule has 1 aromatic heterocycles. The molecular weight excluding hydrogens is 344 g/mol. The topological polar surface area (TPSA) is 34.1 Å². The molecule has 26 heavy (non-hydrogen) atoms. The monoisotopic (exact) mass is 362 g/mol. The number of thiophene rings is 1. The Hall–Kier alpha value is -2.79. The summed E-state index contributed by atoms with van der Waals surface area (Å²) in [5, 5.41) is 9.14. The zero-order chi connectivity index (χ0) is 17.5. The molecule has 0 aliphatic carbocycles. The molecule has 4 nitrogen and oxygen atoms in total. The zero-order valence-electron chi connectivity index (χ0n) is 14.3. The molecule has 0 spiro atoms. The Morgan fingerprint density at radius 3 is 2.73 bits per heavy atom. The maximum atomic E-state index is 6.40.